The van der Waals surface area contributed by atoms with Crippen LogP contribution >= 0.6 is 0 Å². The van der Waals surface area contributed by atoms with Crippen LogP contribution in [-0.2, 0) is 4.79 Å². The highest BCUT2D eigenvalue weighted by atomic mass is 16.4. The number of aliphatic imine (C=N–C) groups is 2. The molecule has 4 unspecified atom stereocenters. The maximum Gasteiger partial charge on any atom is 0.328 e. The summed E-state index contributed by atoms with van der Waals surface area (Å²) in [4.78, 5) is 19.9. The van der Waals surface area contributed by atoms with Crippen molar-refractivity contribution in [3.8, 4) is 0 Å². The largest absolute Gasteiger partial charge is 0.480 e. The predicted molar refractivity (Wildman–Crippen MR) is 101 cm³/mol. The Morgan fingerprint density at radius 3 is 2.50 bits per heavy atom. The summed E-state index contributed by atoms with van der Waals surface area (Å²) in [5, 5.41) is 38.3. The molecule has 4 atom stereocenters. The van der Waals surface area contributed by atoms with E-state index < -0.39 is 30.3 Å². The molecule has 26 heavy (non-hydrogen) atoms. The number of hydrogen-bond donors (Lipinski definition) is 5. The van der Waals surface area contributed by atoms with Gasteiger partial charge in [0.25, 0.3) is 0 Å². The molecular weight excluding hydrogens is 338 g/mol. The Balaban J connectivity index is 2.52. The van der Waals surface area contributed by atoms with E-state index in [1.165, 1.54) is 25.7 Å². The number of aliphatic hydroxyl groups is 3. The molecule has 0 bridgehead atoms. The fraction of sp³-hybridized carbons (Fsp3) is 0.833. The van der Waals surface area contributed by atoms with Crippen molar-refractivity contribution in [2.45, 2.75) is 76.5 Å². The molecule has 0 amide bonds. The topological polar surface area (TPSA) is 149 Å². The zero-order chi connectivity index (χ0) is 19.7. The third kappa shape index (κ3) is 6.12. The number of carbonyl (C=O) groups is 1. The molecule has 0 radical (unpaired) electrons. The second-order valence-corrected chi connectivity index (χ2v) is 7.18. The molecule has 0 aromatic heterocycles. The molecule has 0 spiro atoms. The molecule has 8 nitrogen and oxygen atoms in total. The average molecular weight is 371 g/mol. The van der Waals surface area contributed by atoms with Gasteiger partial charge in [0.2, 0.25) is 0 Å². The van der Waals surface area contributed by atoms with Crippen LogP contribution in [0.2, 0.25) is 0 Å². The third-order valence-corrected chi connectivity index (χ3v) is 4.87. The monoisotopic (exact) mass is 371 g/mol. The normalized spacial score (nSPS) is 20.1. The molecule has 0 aliphatic carbocycles. The van der Waals surface area contributed by atoms with Crippen molar-refractivity contribution < 1.29 is 25.2 Å². The van der Waals surface area contributed by atoms with E-state index in [-0.39, 0.29) is 12.3 Å². The van der Waals surface area contributed by atoms with Crippen LogP contribution in [0.1, 0.15) is 58.8 Å². The number of carboxylic acid groups (broad SMARTS) is 1. The molecule has 1 rings (SSSR count). The van der Waals surface area contributed by atoms with Crippen molar-refractivity contribution in [1.82, 2.24) is 0 Å². The van der Waals surface area contributed by atoms with E-state index in [1.54, 1.807) is 0 Å². The predicted octanol–water partition coefficient (Wildman–Crippen LogP) is 0.722. The molecule has 150 valence electrons. The van der Waals surface area contributed by atoms with Crippen molar-refractivity contribution in [2.24, 2.45) is 21.6 Å². The lowest BCUT2D eigenvalue weighted by atomic mass is 9.88. The number of hydrogen-bond acceptors (Lipinski definition) is 7. The fourth-order valence-electron chi connectivity index (χ4n) is 2.95. The number of unbranched alkanes of at least 4 members (excludes halogenated alkanes) is 4. The van der Waals surface area contributed by atoms with Crippen molar-refractivity contribution in [1.29, 1.82) is 0 Å². The lowest BCUT2D eigenvalue weighted by Gasteiger charge is -2.31. The molecule has 0 saturated heterocycles. The number of carboxylic acids is 1. The van der Waals surface area contributed by atoms with Crippen LogP contribution in [0, 0.1) is 5.92 Å². The maximum absolute atomic E-state index is 11.1. The summed E-state index contributed by atoms with van der Waals surface area (Å²) in [6, 6.07) is 0. The van der Waals surface area contributed by atoms with Crippen LogP contribution < -0.4 is 5.73 Å². The highest BCUT2D eigenvalue weighted by Gasteiger charge is 2.45. The quantitative estimate of drug-likeness (QED) is 0.301. The van der Waals surface area contributed by atoms with Gasteiger partial charge < -0.3 is 26.2 Å². The first-order valence-electron chi connectivity index (χ1n) is 9.36. The minimum absolute atomic E-state index is 0.0381. The van der Waals surface area contributed by atoms with Crippen molar-refractivity contribution in [3.63, 3.8) is 0 Å². The summed E-state index contributed by atoms with van der Waals surface area (Å²) in [6.45, 7) is 3.59. The average Bonchev–Trinajstić information content (AvgIpc) is 3.08. The fourth-order valence-corrected chi connectivity index (χ4v) is 2.95. The summed E-state index contributed by atoms with van der Waals surface area (Å²) in [5.74, 6) is -0.619. The molecule has 0 aromatic rings. The standard InChI is InChI=1S/C18H33N3O5/c1-3-4-5-6-7-8-12(2)16-20-10-13(21-16)9-14(23)15(24)18(19,11-22)17(25)26/h12,14-15,22-24H,3-11,19H2,1-2H3,(H,25,26). The molecule has 1 heterocycles. The lowest BCUT2D eigenvalue weighted by Crippen LogP contribution is -2.63. The van der Waals surface area contributed by atoms with Crippen molar-refractivity contribution in [2.75, 3.05) is 13.2 Å². The van der Waals surface area contributed by atoms with E-state index in [2.05, 4.69) is 23.8 Å². The Morgan fingerprint density at radius 2 is 1.92 bits per heavy atom. The molecule has 0 aromatic carbocycles. The first-order chi connectivity index (χ1) is 12.3. The maximum atomic E-state index is 11.1. The highest BCUT2D eigenvalue weighted by molar-refractivity contribution is 6.05. The second kappa shape index (κ2) is 10.7. The number of aliphatic carboxylic acids is 1. The van der Waals surface area contributed by atoms with Gasteiger partial charge in [0.15, 0.2) is 5.54 Å². The molecule has 1 aliphatic rings. The molecular formula is C18H33N3O5. The Hall–Kier alpha value is -1.35. The summed E-state index contributed by atoms with van der Waals surface area (Å²) in [6.07, 6.45) is 3.73. The number of aliphatic hydroxyl groups excluding tert-OH is 3. The second-order valence-electron chi connectivity index (χ2n) is 7.18. The van der Waals surface area contributed by atoms with Gasteiger partial charge >= 0.3 is 5.97 Å². The van der Waals surface area contributed by atoms with Crippen LogP contribution in [0.4, 0.5) is 0 Å². The summed E-state index contributed by atoms with van der Waals surface area (Å²) in [7, 11) is 0. The number of nitrogens with two attached hydrogens (primary N) is 1. The Morgan fingerprint density at radius 1 is 1.27 bits per heavy atom. The lowest BCUT2D eigenvalue weighted by molar-refractivity contribution is -0.154. The van der Waals surface area contributed by atoms with Crippen LogP contribution in [0.5, 0.6) is 0 Å². The van der Waals surface area contributed by atoms with E-state index in [0.717, 1.165) is 18.7 Å². The van der Waals surface area contributed by atoms with Gasteiger partial charge in [-0.05, 0) is 6.42 Å². The molecule has 0 saturated carbocycles. The summed E-state index contributed by atoms with van der Waals surface area (Å²) in [5.41, 5.74) is 3.76. The van der Waals surface area contributed by atoms with Gasteiger partial charge in [-0.2, -0.15) is 0 Å². The van der Waals surface area contributed by atoms with Gasteiger partial charge in [-0.15, -0.1) is 0 Å². The highest BCUT2D eigenvalue weighted by Crippen LogP contribution is 2.19. The number of amidine groups is 1. The first kappa shape index (κ1) is 22.7. The van der Waals surface area contributed by atoms with E-state index >= 15 is 0 Å². The number of rotatable bonds is 13. The van der Waals surface area contributed by atoms with Crippen LogP contribution in [0.25, 0.3) is 0 Å². The molecule has 0 fully saturated rings. The van der Waals surface area contributed by atoms with E-state index in [4.69, 9.17) is 15.9 Å². The smallest absolute Gasteiger partial charge is 0.328 e. The van der Waals surface area contributed by atoms with Gasteiger partial charge in [0.1, 0.15) is 11.9 Å². The minimum Gasteiger partial charge on any atom is -0.480 e. The Kier molecular flexibility index (Phi) is 9.35. The Labute approximate surface area is 154 Å². The van der Waals surface area contributed by atoms with Gasteiger partial charge in [-0.3, -0.25) is 9.79 Å². The van der Waals surface area contributed by atoms with E-state index in [0.29, 0.717) is 12.3 Å². The van der Waals surface area contributed by atoms with Gasteiger partial charge in [-0.1, -0.05) is 46.0 Å². The summed E-state index contributed by atoms with van der Waals surface area (Å²) >= 11 is 0. The molecule has 8 heteroatoms. The SMILES string of the molecule is CCCCCCCC(C)C1=NCC(CC(O)C(O)C(N)(CO)C(=O)O)=N1. The third-order valence-electron chi connectivity index (χ3n) is 4.87. The van der Waals surface area contributed by atoms with E-state index in [9.17, 15) is 15.0 Å². The summed E-state index contributed by atoms with van der Waals surface area (Å²) < 4.78 is 0. The molecule has 6 N–H and O–H groups in total. The van der Waals surface area contributed by atoms with Crippen LogP contribution in [-0.4, -0.2) is 68.8 Å². The van der Waals surface area contributed by atoms with Gasteiger partial charge in [0.05, 0.1) is 19.3 Å². The van der Waals surface area contributed by atoms with Gasteiger partial charge in [0, 0.05) is 18.1 Å². The van der Waals surface area contributed by atoms with Crippen LogP contribution in [0.15, 0.2) is 9.98 Å². The van der Waals surface area contributed by atoms with E-state index in [1.807, 2.05) is 0 Å². The first-order valence-corrected chi connectivity index (χ1v) is 9.36. The van der Waals surface area contributed by atoms with Gasteiger partial charge in [-0.25, -0.2) is 4.99 Å². The number of nitrogens with zero attached hydrogens (tertiary/aromatic N) is 2. The zero-order valence-corrected chi connectivity index (χ0v) is 15.8. The molecule has 1 aliphatic heterocycles. The van der Waals surface area contributed by atoms with Crippen LogP contribution in [0.3, 0.4) is 0 Å². The van der Waals surface area contributed by atoms with Crippen molar-refractivity contribution >= 4 is 17.5 Å². The minimum atomic E-state index is -2.31. The zero-order valence-electron chi connectivity index (χ0n) is 15.8. The Bertz CT molecular complexity index is 523. The van der Waals surface area contributed by atoms with Crippen molar-refractivity contribution in [3.05, 3.63) is 0 Å².